The van der Waals surface area contributed by atoms with E-state index in [-0.39, 0.29) is 23.0 Å². The molecule has 0 aliphatic carbocycles. The fourth-order valence-corrected chi connectivity index (χ4v) is 2.79. The van der Waals surface area contributed by atoms with Crippen LogP contribution in [0.5, 0.6) is 11.5 Å². The molecule has 0 radical (unpaired) electrons. The number of aliphatic hydroxyl groups is 2. The number of methoxy groups -OCH3 is 1. The third-order valence-corrected chi connectivity index (χ3v) is 4.56. The molecule has 0 saturated carbocycles. The fourth-order valence-electron chi connectivity index (χ4n) is 2.79. The Morgan fingerprint density at radius 2 is 1.67 bits per heavy atom. The first-order valence-corrected chi connectivity index (χ1v) is 9.91. The van der Waals surface area contributed by atoms with Crippen LogP contribution in [0.4, 0.5) is 4.39 Å². The number of nitrogens with zero attached hydrogens (tertiary/aromatic N) is 2. The number of carbonyl (C=O) groups is 2. The lowest BCUT2D eigenvalue weighted by Crippen LogP contribution is -2.39. The number of aliphatic hydroxyl groups excluding tert-OH is 2. The number of hydrogen-bond acceptors (Lipinski definition) is 8. The third kappa shape index (κ3) is 6.09. The number of hydrogen-bond donors (Lipinski definition) is 3. The van der Waals surface area contributed by atoms with Crippen LogP contribution in [0.3, 0.4) is 0 Å². The van der Waals surface area contributed by atoms with Crippen molar-refractivity contribution in [2.45, 2.75) is 19.1 Å². The third-order valence-electron chi connectivity index (χ3n) is 4.56. The molecular formula is C23H22FN3O6. The smallest absolute Gasteiger partial charge is 0.328 e. The molecule has 3 N–H and O–H groups in total. The molecule has 0 spiro atoms. The van der Waals surface area contributed by atoms with Crippen molar-refractivity contribution in [2.24, 2.45) is 0 Å². The van der Waals surface area contributed by atoms with E-state index in [4.69, 9.17) is 4.74 Å². The lowest BCUT2D eigenvalue weighted by atomic mass is 10.1. The number of halogens is 1. The molecule has 10 heteroatoms. The topological polar surface area (TPSA) is 131 Å². The zero-order valence-corrected chi connectivity index (χ0v) is 17.9. The van der Waals surface area contributed by atoms with E-state index in [1.807, 2.05) is 0 Å². The second-order valence-electron chi connectivity index (χ2n) is 7.00. The number of aromatic nitrogens is 2. The molecule has 1 amide bonds. The summed E-state index contributed by atoms with van der Waals surface area (Å²) in [5.74, 6) is -0.650. The molecule has 33 heavy (non-hydrogen) atoms. The highest BCUT2D eigenvalue weighted by atomic mass is 19.1. The molecule has 2 unspecified atom stereocenters. The van der Waals surface area contributed by atoms with E-state index in [9.17, 15) is 24.2 Å². The van der Waals surface area contributed by atoms with Crippen molar-refractivity contribution >= 4 is 11.9 Å². The summed E-state index contributed by atoms with van der Waals surface area (Å²) >= 11 is 0. The van der Waals surface area contributed by atoms with Crippen LogP contribution >= 0.6 is 0 Å². The lowest BCUT2D eigenvalue weighted by molar-refractivity contribution is -0.142. The van der Waals surface area contributed by atoms with Crippen LogP contribution in [0.1, 0.15) is 29.2 Å². The van der Waals surface area contributed by atoms with Gasteiger partial charge in [0.05, 0.1) is 19.4 Å². The van der Waals surface area contributed by atoms with E-state index >= 15 is 0 Å². The Labute approximate surface area is 188 Å². The Balaban J connectivity index is 1.87. The van der Waals surface area contributed by atoms with Gasteiger partial charge in [0.1, 0.15) is 35.2 Å². The van der Waals surface area contributed by atoms with Crippen LogP contribution in [0.25, 0.3) is 11.4 Å². The summed E-state index contributed by atoms with van der Waals surface area (Å²) < 4.78 is 23.3. The van der Waals surface area contributed by atoms with Crippen molar-refractivity contribution in [3.05, 3.63) is 71.8 Å². The maximum atomic E-state index is 13.0. The van der Waals surface area contributed by atoms with Crippen LogP contribution in [0.15, 0.2) is 54.6 Å². The van der Waals surface area contributed by atoms with Crippen LogP contribution < -0.4 is 10.1 Å². The van der Waals surface area contributed by atoms with Gasteiger partial charge in [-0.1, -0.05) is 0 Å². The first-order chi connectivity index (χ1) is 15.8. The number of esters is 1. The number of carbonyl (C=O) groups excluding carboxylic acids is 2. The highest BCUT2D eigenvalue weighted by Crippen LogP contribution is 2.25. The minimum absolute atomic E-state index is 0.0324. The van der Waals surface area contributed by atoms with Crippen molar-refractivity contribution in [1.29, 1.82) is 0 Å². The minimum atomic E-state index is -1.34. The molecule has 0 aliphatic heterocycles. The van der Waals surface area contributed by atoms with Gasteiger partial charge in [0, 0.05) is 5.56 Å². The Morgan fingerprint density at radius 3 is 2.24 bits per heavy atom. The number of rotatable bonds is 8. The number of benzene rings is 2. The Morgan fingerprint density at radius 1 is 1.06 bits per heavy atom. The van der Waals surface area contributed by atoms with Crippen molar-refractivity contribution in [1.82, 2.24) is 15.3 Å². The van der Waals surface area contributed by atoms with Gasteiger partial charge in [0.2, 0.25) is 0 Å². The number of amides is 1. The SMILES string of the molecule is COC(=O)C(C)NC(=O)c1cc(C(O)CO)nc(-c2ccc(Oc3ccc(F)cc3)cc2)n1. The van der Waals surface area contributed by atoms with Gasteiger partial charge in [-0.3, -0.25) is 4.79 Å². The largest absolute Gasteiger partial charge is 0.467 e. The maximum Gasteiger partial charge on any atom is 0.328 e. The monoisotopic (exact) mass is 455 g/mol. The lowest BCUT2D eigenvalue weighted by Gasteiger charge is -2.14. The maximum absolute atomic E-state index is 13.0. The van der Waals surface area contributed by atoms with Gasteiger partial charge < -0.3 is 25.0 Å². The summed E-state index contributed by atoms with van der Waals surface area (Å²) in [4.78, 5) is 32.7. The summed E-state index contributed by atoms with van der Waals surface area (Å²) in [6.45, 7) is 0.843. The summed E-state index contributed by atoms with van der Waals surface area (Å²) in [6.07, 6.45) is -1.34. The van der Waals surface area contributed by atoms with Crippen LogP contribution in [0.2, 0.25) is 0 Å². The summed E-state index contributed by atoms with van der Waals surface area (Å²) in [7, 11) is 1.20. The van der Waals surface area contributed by atoms with Crippen LogP contribution in [0, 0.1) is 5.82 Å². The first-order valence-electron chi connectivity index (χ1n) is 9.91. The van der Waals surface area contributed by atoms with E-state index in [0.717, 1.165) is 0 Å². The molecule has 1 aromatic heterocycles. The van der Waals surface area contributed by atoms with Crippen LogP contribution in [-0.2, 0) is 9.53 Å². The number of ether oxygens (including phenoxy) is 2. The van der Waals surface area contributed by atoms with Gasteiger partial charge in [0.25, 0.3) is 5.91 Å². The van der Waals surface area contributed by atoms with E-state index in [2.05, 4.69) is 20.0 Å². The highest BCUT2D eigenvalue weighted by molar-refractivity contribution is 5.95. The van der Waals surface area contributed by atoms with Gasteiger partial charge >= 0.3 is 5.97 Å². The molecule has 1 heterocycles. The van der Waals surface area contributed by atoms with Gasteiger partial charge in [-0.2, -0.15) is 0 Å². The van der Waals surface area contributed by atoms with Crippen molar-refractivity contribution in [3.63, 3.8) is 0 Å². The van der Waals surface area contributed by atoms with Gasteiger partial charge in [-0.25, -0.2) is 19.2 Å². The summed E-state index contributed by atoms with van der Waals surface area (Å²) in [5, 5.41) is 21.8. The molecule has 2 aromatic carbocycles. The standard InChI is InChI=1S/C23H22FN3O6/c1-13(23(31)32-2)25-22(30)19-11-18(20(29)12-28)26-21(27-19)14-3-7-16(8-4-14)33-17-9-5-15(24)6-10-17/h3-11,13,20,28-29H,12H2,1-2H3,(H,25,30). The van der Waals surface area contributed by atoms with Gasteiger partial charge in [-0.05, 0) is 61.5 Å². The van der Waals surface area contributed by atoms with Crippen molar-refractivity contribution < 1.29 is 33.7 Å². The van der Waals surface area contributed by atoms with Gasteiger partial charge in [0.15, 0.2) is 5.82 Å². The number of nitrogens with one attached hydrogen (secondary N) is 1. The molecule has 0 aliphatic rings. The second kappa shape index (κ2) is 10.6. The second-order valence-corrected chi connectivity index (χ2v) is 7.00. The highest BCUT2D eigenvalue weighted by Gasteiger charge is 2.21. The molecule has 3 rings (SSSR count). The molecule has 3 aromatic rings. The first kappa shape index (κ1) is 23.8. The zero-order chi connectivity index (χ0) is 24.0. The fraction of sp³-hybridized carbons (Fsp3) is 0.217. The van der Waals surface area contributed by atoms with Crippen molar-refractivity contribution in [2.75, 3.05) is 13.7 Å². The predicted octanol–water partition coefficient (Wildman–Crippen LogP) is 2.39. The Kier molecular flexibility index (Phi) is 7.65. The minimum Gasteiger partial charge on any atom is -0.467 e. The average molecular weight is 455 g/mol. The Bertz CT molecular complexity index is 1120. The summed E-state index contributed by atoms with van der Waals surface area (Å²) in [6, 6.07) is 12.4. The summed E-state index contributed by atoms with van der Waals surface area (Å²) in [5.41, 5.74) is 0.429. The predicted molar refractivity (Wildman–Crippen MR) is 115 cm³/mol. The molecule has 0 fully saturated rings. The molecule has 2 atom stereocenters. The van der Waals surface area contributed by atoms with Gasteiger partial charge in [-0.15, -0.1) is 0 Å². The molecule has 0 bridgehead atoms. The molecule has 172 valence electrons. The van der Waals surface area contributed by atoms with Crippen molar-refractivity contribution in [3.8, 4) is 22.9 Å². The zero-order valence-electron chi connectivity index (χ0n) is 17.9. The average Bonchev–Trinajstić information content (AvgIpc) is 2.84. The molecule has 9 nitrogen and oxygen atoms in total. The van der Waals surface area contributed by atoms with E-state index in [1.54, 1.807) is 24.3 Å². The van der Waals surface area contributed by atoms with E-state index in [1.165, 1.54) is 44.4 Å². The van der Waals surface area contributed by atoms with E-state index < -0.39 is 30.6 Å². The van der Waals surface area contributed by atoms with Crippen LogP contribution in [-0.4, -0.2) is 51.8 Å². The quantitative estimate of drug-likeness (QED) is 0.442. The van der Waals surface area contributed by atoms with E-state index in [0.29, 0.717) is 17.1 Å². The normalized spacial score (nSPS) is 12.5. The molecule has 0 saturated heterocycles. The molecular weight excluding hydrogens is 433 g/mol. The Hall–Kier alpha value is -3.89.